The van der Waals surface area contributed by atoms with Gasteiger partial charge in [-0.05, 0) is 43.2 Å². The third kappa shape index (κ3) is 4.45. The van der Waals surface area contributed by atoms with Crippen LogP contribution in [0.1, 0.15) is 35.9 Å². The number of ether oxygens (including phenoxy) is 1. The van der Waals surface area contributed by atoms with Crippen LogP contribution < -0.4 is 4.74 Å². The average Bonchev–Trinajstić information content (AvgIpc) is 3.30. The summed E-state index contributed by atoms with van der Waals surface area (Å²) in [4.78, 5) is 18.5. The normalized spacial score (nSPS) is 16.9. The number of carbonyl (C=O) groups is 1. The van der Waals surface area contributed by atoms with Crippen molar-refractivity contribution in [1.82, 2.24) is 15.0 Å². The Morgan fingerprint density at radius 3 is 2.50 bits per heavy atom. The Morgan fingerprint density at radius 1 is 1.13 bits per heavy atom. The number of carbonyl (C=O) groups excluding carboxylic acids is 1. The number of hydrogen-bond acceptors (Lipinski definition) is 5. The molecule has 30 heavy (non-hydrogen) atoms. The summed E-state index contributed by atoms with van der Waals surface area (Å²) in [5.74, 6) is 0.214. The second-order valence-electron chi connectivity index (χ2n) is 7.09. The summed E-state index contributed by atoms with van der Waals surface area (Å²) in [5, 5.41) is 3.93. The Morgan fingerprint density at radius 2 is 1.83 bits per heavy atom. The predicted octanol–water partition coefficient (Wildman–Crippen LogP) is 4.81. The first-order valence-corrected chi connectivity index (χ1v) is 9.33. The molecule has 0 bridgehead atoms. The van der Waals surface area contributed by atoms with Gasteiger partial charge in [0.2, 0.25) is 17.6 Å². The van der Waals surface area contributed by atoms with E-state index in [1.807, 2.05) is 31.2 Å². The van der Waals surface area contributed by atoms with Gasteiger partial charge in [-0.2, -0.15) is 4.98 Å². The fourth-order valence-electron chi connectivity index (χ4n) is 3.37. The van der Waals surface area contributed by atoms with E-state index >= 15 is 0 Å². The minimum absolute atomic E-state index is 0.00831. The minimum Gasteiger partial charge on any atom is -0.406 e. The largest absolute Gasteiger partial charge is 0.573 e. The van der Waals surface area contributed by atoms with Gasteiger partial charge in [0.1, 0.15) is 11.8 Å². The van der Waals surface area contributed by atoms with E-state index in [-0.39, 0.29) is 23.5 Å². The summed E-state index contributed by atoms with van der Waals surface area (Å²) < 4.78 is 46.1. The molecule has 9 heteroatoms. The van der Waals surface area contributed by atoms with Crippen LogP contribution in [0.3, 0.4) is 0 Å². The van der Waals surface area contributed by atoms with Gasteiger partial charge in [-0.15, -0.1) is 13.2 Å². The Labute approximate surface area is 170 Å². The third-order valence-corrected chi connectivity index (χ3v) is 4.87. The molecule has 1 unspecified atom stereocenters. The second kappa shape index (κ2) is 7.81. The van der Waals surface area contributed by atoms with Gasteiger partial charge in [-0.25, -0.2) is 0 Å². The highest BCUT2D eigenvalue weighted by molar-refractivity contribution is 5.78. The summed E-state index contributed by atoms with van der Waals surface area (Å²) in [6, 6.07) is 12.8. The van der Waals surface area contributed by atoms with E-state index in [9.17, 15) is 18.0 Å². The maximum Gasteiger partial charge on any atom is 0.573 e. The molecule has 1 aromatic heterocycles. The van der Waals surface area contributed by atoms with Crippen LogP contribution in [0.5, 0.6) is 5.75 Å². The van der Waals surface area contributed by atoms with Gasteiger partial charge in [-0.1, -0.05) is 35.0 Å². The Kier molecular flexibility index (Phi) is 5.19. The van der Waals surface area contributed by atoms with Crippen molar-refractivity contribution in [3.8, 4) is 17.1 Å². The number of aromatic nitrogens is 2. The molecule has 0 radical (unpaired) electrons. The lowest BCUT2D eigenvalue weighted by Gasteiger charge is -2.22. The summed E-state index contributed by atoms with van der Waals surface area (Å²) in [6.07, 6.45) is -3.81. The van der Waals surface area contributed by atoms with Crippen LogP contribution in [0.25, 0.3) is 11.4 Å². The van der Waals surface area contributed by atoms with Gasteiger partial charge < -0.3 is 14.2 Å². The fraction of sp³-hybridized carbons (Fsp3) is 0.286. The number of hydrogen-bond donors (Lipinski definition) is 0. The summed E-state index contributed by atoms with van der Waals surface area (Å²) in [7, 11) is 0. The number of alkyl halides is 3. The van der Waals surface area contributed by atoms with Crippen molar-refractivity contribution in [2.45, 2.75) is 38.7 Å². The SMILES string of the molecule is Cc1ccc(CN2C(=O)CCC2c2nc(-c3ccc(OC(F)(F)F)cc3)no2)cc1. The molecule has 1 aliphatic heterocycles. The van der Waals surface area contributed by atoms with Crippen molar-refractivity contribution in [3.63, 3.8) is 0 Å². The van der Waals surface area contributed by atoms with Crippen molar-refractivity contribution in [2.75, 3.05) is 0 Å². The van der Waals surface area contributed by atoms with Crippen molar-refractivity contribution in [3.05, 3.63) is 65.5 Å². The zero-order valence-corrected chi connectivity index (χ0v) is 16.0. The molecular weight excluding hydrogens is 399 g/mol. The molecule has 1 amide bonds. The Bertz CT molecular complexity index is 1030. The molecule has 0 spiro atoms. The van der Waals surface area contributed by atoms with Gasteiger partial charge in [-0.3, -0.25) is 4.79 Å². The van der Waals surface area contributed by atoms with Crippen molar-refractivity contribution >= 4 is 5.91 Å². The van der Waals surface area contributed by atoms with E-state index in [1.165, 1.54) is 24.3 Å². The van der Waals surface area contributed by atoms with Crippen molar-refractivity contribution < 1.29 is 27.2 Å². The molecular formula is C21H18F3N3O3. The summed E-state index contributed by atoms with van der Waals surface area (Å²) in [5.41, 5.74) is 2.62. The van der Waals surface area contributed by atoms with Gasteiger partial charge in [0, 0.05) is 18.5 Å². The van der Waals surface area contributed by atoms with E-state index in [2.05, 4.69) is 14.9 Å². The number of benzene rings is 2. The zero-order chi connectivity index (χ0) is 21.3. The molecule has 1 fully saturated rings. The molecule has 1 saturated heterocycles. The standard InChI is InChI=1S/C21H18F3N3O3/c1-13-2-4-14(5-3-13)12-27-17(10-11-18(27)28)20-25-19(26-30-20)15-6-8-16(9-7-15)29-21(22,23)24/h2-9,17H,10-12H2,1H3. The van der Waals surface area contributed by atoms with E-state index in [0.29, 0.717) is 30.8 Å². The first-order valence-electron chi connectivity index (χ1n) is 9.33. The predicted molar refractivity (Wildman–Crippen MR) is 100 cm³/mol. The van der Waals surface area contributed by atoms with Gasteiger partial charge >= 0.3 is 6.36 Å². The van der Waals surface area contributed by atoms with Gasteiger partial charge in [0.25, 0.3) is 0 Å². The average molecular weight is 417 g/mol. The molecule has 1 aliphatic rings. The molecule has 2 heterocycles. The summed E-state index contributed by atoms with van der Waals surface area (Å²) >= 11 is 0. The maximum atomic E-state index is 12.4. The monoisotopic (exact) mass is 417 g/mol. The molecule has 4 rings (SSSR count). The topological polar surface area (TPSA) is 68.5 Å². The number of likely N-dealkylation sites (tertiary alicyclic amines) is 1. The van der Waals surface area contributed by atoms with E-state index in [1.54, 1.807) is 4.90 Å². The van der Waals surface area contributed by atoms with E-state index in [4.69, 9.17) is 4.52 Å². The van der Waals surface area contributed by atoms with Crippen molar-refractivity contribution in [2.24, 2.45) is 0 Å². The fourth-order valence-corrected chi connectivity index (χ4v) is 3.37. The highest BCUT2D eigenvalue weighted by Gasteiger charge is 2.36. The molecule has 0 aliphatic carbocycles. The lowest BCUT2D eigenvalue weighted by atomic mass is 10.1. The molecule has 0 N–H and O–H groups in total. The zero-order valence-electron chi connectivity index (χ0n) is 16.0. The lowest BCUT2D eigenvalue weighted by Crippen LogP contribution is -2.27. The van der Waals surface area contributed by atoms with Crippen LogP contribution in [-0.2, 0) is 11.3 Å². The molecule has 6 nitrogen and oxygen atoms in total. The van der Waals surface area contributed by atoms with Crippen LogP contribution in [0.15, 0.2) is 53.1 Å². The number of nitrogens with zero attached hydrogens (tertiary/aromatic N) is 3. The van der Waals surface area contributed by atoms with Gasteiger partial charge in [0.15, 0.2) is 0 Å². The van der Waals surface area contributed by atoms with E-state index < -0.39 is 6.36 Å². The summed E-state index contributed by atoms with van der Waals surface area (Å²) in [6.45, 7) is 2.43. The Balaban J connectivity index is 1.51. The quantitative estimate of drug-likeness (QED) is 0.596. The van der Waals surface area contributed by atoms with Crippen molar-refractivity contribution in [1.29, 1.82) is 0 Å². The minimum atomic E-state index is -4.75. The maximum absolute atomic E-state index is 12.4. The lowest BCUT2D eigenvalue weighted by molar-refractivity contribution is -0.274. The Hall–Kier alpha value is -3.36. The van der Waals surface area contributed by atoms with Gasteiger partial charge in [0.05, 0.1) is 0 Å². The molecule has 3 aromatic rings. The first kappa shape index (κ1) is 19.9. The molecule has 156 valence electrons. The number of aryl methyl sites for hydroxylation is 1. The van der Waals surface area contributed by atoms with Crippen LogP contribution in [0, 0.1) is 6.92 Å². The van der Waals surface area contributed by atoms with E-state index in [0.717, 1.165) is 11.1 Å². The number of rotatable bonds is 5. The first-order chi connectivity index (χ1) is 14.3. The van der Waals surface area contributed by atoms with Crippen LogP contribution in [0.4, 0.5) is 13.2 Å². The molecule has 2 aromatic carbocycles. The molecule has 0 saturated carbocycles. The van der Waals surface area contributed by atoms with Crippen LogP contribution in [0.2, 0.25) is 0 Å². The third-order valence-electron chi connectivity index (χ3n) is 4.87. The molecule has 1 atom stereocenters. The smallest absolute Gasteiger partial charge is 0.406 e. The highest BCUT2D eigenvalue weighted by atomic mass is 19.4. The second-order valence-corrected chi connectivity index (χ2v) is 7.09. The number of amides is 1. The van der Waals surface area contributed by atoms with Crippen LogP contribution >= 0.6 is 0 Å². The van der Waals surface area contributed by atoms with Crippen LogP contribution in [-0.4, -0.2) is 27.3 Å². The number of halogens is 3. The highest BCUT2D eigenvalue weighted by Crippen LogP contribution is 2.34.